The molecule has 1 aliphatic carbocycles. The molecule has 1 fully saturated rings. The molecule has 1 aromatic rings. The van der Waals surface area contributed by atoms with Crippen LogP contribution < -0.4 is 0 Å². The zero-order chi connectivity index (χ0) is 15.8. The summed E-state index contributed by atoms with van der Waals surface area (Å²) < 4.78 is 5.85. The van der Waals surface area contributed by atoms with Crippen LogP contribution in [0, 0.1) is 5.92 Å². The number of carboxylic acids is 1. The Bertz CT molecular complexity index is 532. The summed E-state index contributed by atoms with van der Waals surface area (Å²) in [6.07, 6.45) is 4.14. The first-order valence-electron chi connectivity index (χ1n) is 7.50. The first kappa shape index (κ1) is 16.4. The van der Waals surface area contributed by atoms with E-state index in [1.807, 2.05) is 20.8 Å². The van der Waals surface area contributed by atoms with Crippen molar-refractivity contribution in [2.45, 2.75) is 64.4 Å². The van der Waals surface area contributed by atoms with Crippen LogP contribution in [0.4, 0.5) is 0 Å². The van der Waals surface area contributed by atoms with Crippen molar-refractivity contribution in [2.75, 3.05) is 7.11 Å². The number of hydrogen-bond acceptors (Lipinski definition) is 4. The SMILES string of the molecule is COC1(c2nc(C(C)(C)C)c(C(=O)O)s2)CCCC(C)C1. The lowest BCUT2D eigenvalue weighted by Crippen LogP contribution is -2.34. The molecule has 1 aromatic heterocycles. The maximum atomic E-state index is 11.6. The summed E-state index contributed by atoms with van der Waals surface area (Å²) in [4.78, 5) is 16.6. The predicted molar refractivity (Wildman–Crippen MR) is 84.1 cm³/mol. The topological polar surface area (TPSA) is 59.4 Å². The molecule has 0 saturated heterocycles. The summed E-state index contributed by atoms with van der Waals surface area (Å²) in [7, 11) is 1.72. The molecule has 0 bridgehead atoms. The molecule has 1 aliphatic rings. The summed E-state index contributed by atoms with van der Waals surface area (Å²) in [6, 6.07) is 0. The van der Waals surface area contributed by atoms with Crippen LogP contribution in [0.1, 0.15) is 73.8 Å². The van der Waals surface area contributed by atoms with Crippen molar-refractivity contribution in [3.63, 3.8) is 0 Å². The molecule has 0 aliphatic heterocycles. The molecular formula is C16H25NO3S. The number of thiazole rings is 1. The molecule has 0 amide bonds. The molecule has 4 nitrogen and oxygen atoms in total. The van der Waals surface area contributed by atoms with Gasteiger partial charge in [0.05, 0.1) is 5.69 Å². The molecule has 118 valence electrons. The number of aromatic nitrogens is 1. The Morgan fingerprint density at radius 1 is 1.48 bits per heavy atom. The van der Waals surface area contributed by atoms with Gasteiger partial charge in [0.1, 0.15) is 15.5 Å². The number of carboxylic acid groups (broad SMARTS) is 1. The van der Waals surface area contributed by atoms with E-state index in [2.05, 4.69) is 6.92 Å². The normalized spacial score (nSPS) is 26.8. The number of carbonyl (C=O) groups is 1. The quantitative estimate of drug-likeness (QED) is 0.909. The highest BCUT2D eigenvalue weighted by Crippen LogP contribution is 2.45. The van der Waals surface area contributed by atoms with E-state index >= 15 is 0 Å². The van der Waals surface area contributed by atoms with Crippen molar-refractivity contribution in [1.82, 2.24) is 4.98 Å². The second kappa shape index (κ2) is 5.69. The molecule has 5 heteroatoms. The highest BCUT2D eigenvalue weighted by molar-refractivity contribution is 7.13. The van der Waals surface area contributed by atoms with E-state index in [1.54, 1.807) is 7.11 Å². The molecule has 1 heterocycles. The molecule has 21 heavy (non-hydrogen) atoms. The van der Waals surface area contributed by atoms with Gasteiger partial charge in [-0.15, -0.1) is 11.3 Å². The van der Waals surface area contributed by atoms with Gasteiger partial charge in [0.25, 0.3) is 0 Å². The van der Waals surface area contributed by atoms with Gasteiger partial charge >= 0.3 is 5.97 Å². The summed E-state index contributed by atoms with van der Waals surface area (Å²) in [5.74, 6) is -0.312. The van der Waals surface area contributed by atoms with Crippen LogP contribution in [-0.2, 0) is 15.8 Å². The third-order valence-electron chi connectivity index (χ3n) is 4.27. The molecule has 2 atom stereocenters. The number of methoxy groups -OCH3 is 1. The monoisotopic (exact) mass is 311 g/mol. The third-order valence-corrected chi connectivity index (χ3v) is 5.50. The fraction of sp³-hybridized carbons (Fsp3) is 0.750. The summed E-state index contributed by atoms with van der Waals surface area (Å²) in [5.41, 5.74) is -0.0158. The Balaban J connectivity index is 2.50. The molecule has 2 rings (SSSR count). The summed E-state index contributed by atoms with van der Waals surface area (Å²) in [5, 5.41) is 10.3. The zero-order valence-corrected chi connectivity index (χ0v) is 14.3. The second-order valence-electron chi connectivity index (χ2n) is 7.15. The Kier molecular flexibility index (Phi) is 4.45. The average Bonchev–Trinajstić information content (AvgIpc) is 2.84. The Morgan fingerprint density at radius 2 is 2.14 bits per heavy atom. The molecule has 0 radical (unpaired) electrons. The van der Waals surface area contributed by atoms with Crippen LogP contribution in [0.2, 0.25) is 0 Å². The van der Waals surface area contributed by atoms with E-state index in [-0.39, 0.29) is 5.41 Å². The lowest BCUT2D eigenvalue weighted by atomic mass is 9.79. The Hall–Kier alpha value is -0.940. The molecule has 0 spiro atoms. The second-order valence-corrected chi connectivity index (χ2v) is 8.15. The van der Waals surface area contributed by atoms with E-state index in [0.717, 1.165) is 24.3 Å². The molecule has 0 aromatic carbocycles. The summed E-state index contributed by atoms with van der Waals surface area (Å²) in [6.45, 7) is 8.23. The number of ether oxygens (including phenoxy) is 1. The third kappa shape index (κ3) is 3.14. The van der Waals surface area contributed by atoms with Crippen molar-refractivity contribution in [1.29, 1.82) is 0 Å². The minimum absolute atomic E-state index is 0.280. The highest BCUT2D eigenvalue weighted by atomic mass is 32.1. The fourth-order valence-corrected chi connectivity index (χ4v) is 4.46. The van der Waals surface area contributed by atoms with E-state index < -0.39 is 11.6 Å². The van der Waals surface area contributed by atoms with Gasteiger partial charge in [0.15, 0.2) is 0 Å². The molecule has 1 saturated carbocycles. The lowest BCUT2D eigenvalue weighted by Gasteiger charge is -2.37. The van der Waals surface area contributed by atoms with Gasteiger partial charge in [-0.1, -0.05) is 34.1 Å². The van der Waals surface area contributed by atoms with Crippen LogP contribution in [0.25, 0.3) is 0 Å². The number of rotatable bonds is 3. The number of nitrogens with zero attached hydrogens (tertiary/aromatic N) is 1. The summed E-state index contributed by atoms with van der Waals surface area (Å²) >= 11 is 1.29. The first-order chi connectivity index (χ1) is 9.69. The van der Waals surface area contributed by atoms with Crippen molar-refractivity contribution in [3.05, 3.63) is 15.6 Å². The van der Waals surface area contributed by atoms with Gasteiger partial charge in [-0.3, -0.25) is 0 Å². The van der Waals surface area contributed by atoms with Gasteiger partial charge in [-0.05, 0) is 25.2 Å². The molecule has 2 unspecified atom stereocenters. The van der Waals surface area contributed by atoms with Crippen molar-refractivity contribution in [2.24, 2.45) is 5.92 Å². The van der Waals surface area contributed by atoms with Gasteiger partial charge in [-0.2, -0.15) is 0 Å². The smallest absolute Gasteiger partial charge is 0.347 e. The molecule has 1 N–H and O–H groups in total. The maximum absolute atomic E-state index is 11.6. The van der Waals surface area contributed by atoms with Crippen molar-refractivity contribution < 1.29 is 14.6 Å². The van der Waals surface area contributed by atoms with Crippen LogP contribution in [0.3, 0.4) is 0 Å². The zero-order valence-electron chi connectivity index (χ0n) is 13.5. The maximum Gasteiger partial charge on any atom is 0.347 e. The Morgan fingerprint density at radius 3 is 2.57 bits per heavy atom. The van der Waals surface area contributed by atoms with E-state index in [1.165, 1.54) is 17.8 Å². The average molecular weight is 311 g/mol. The van der Waals surface area contributed by atoms with Gasteiger partial charge in [0, 0.05) is 12.5 Å². The minimum atomic E-state index is -0.890. The first-order valence-corrected chi connectivity index (χ1v) is 8.31. The van der Waals surface area contributed by atoms with Gasteiger partial charge in [-0.25, -0.2) is 9.78 Å². The largest absolute Gasteiger partial charge is 0.477 e. The number of aromatic carboxylic acids is 1. The Labute approximate surface area is 130 Å². The van der Waals surface area contributed by atoms with Gasteiger partial charge in [0.2, 0.25) is 0 Å². The fourth-order valence-electron chi connectivity index (χ4n) is 3.14. The predicted octanol–water partition coefficient (Wildman–Crippen LogP) is 4.19. The van der Waals surface area contributed by atoms with Gasteiger partial charge < -0.3 is 9.84 Å². The van der Waals surface area contributed by atoms with Crippen LogP contribution in [0.5, 0.6) is 0 Å². The van der Waals surface area contributed by atoms with Crippen LogP contribution >= 0.6 is 11.3 Å². The number of hydrogen-bond donors (Lipinski definition) is 1. The van der Waals surface area contributed by atoms with Crippen LogP contribution in [-0.4, -0.2) is 23.2 Å². The standard InChI is InChI=1S/C16H25NO3S/c1-10-7-6-8-16(9-10,20-5)14-17-12(15(2,3)4)11(21-14)13(18)19/h10H,6-9H2,1-5H3,(H,18,19). The van der Waals surface area contributed by atoms with Crippen molar-refractivity contribution >= 4 is 17.3 Å². The highest BCUT2D eigenvalue weighted by Gasteiger charge is 2.41. The van der Waals surface area contributed by atoms with Crippen molar-refractivity contribution in [3.8, 4) is 0 Å². The molecular weight excluding hydrogens is 286 g/mol. The lowest BCUT2D eigenvalue weighted by molar-refractivity contribution is -0.0581. The van der Waals surface area contributed by atoms with E-state index in [9.17, 15) is 9.90 Å². The van der Waals surface area contributed by atoms with Crippen LogP contribution in [0.15, 0.2) is 0 Å². The van der Waals surface area contributed by atoms with E-state index in [0.29, 0.717) is 16.5 Å². The van der Waals surface area contributed by atoms with E-state index in [4.69, 9.17) is 9.72 Å². The minimum Gasteiger partial charge on any atom is -0.477 e.